The molecule has 0 aliphatic heterocycles. The molecule has 1 unspecified atom stereocenters. The van der Waals surface area contributed by atoms with Crippen LogP contribution in [0, 0.1) is 0 Å². The SMILES string of the molecule is COC(C)(C)CC(O)S(=O)(=O)[O-].[Na+]. The molecule has 0 aromatic heterocycles. The van der Waals surface area contributed by atoms with Gasteiger partial charge >= 0.3 is 29.6 Å². The molecule has 0 saturated heterocycles. The minimum absolute atomic E-state index is 0. The van der Waals surface area contributed by atoms with Crippen LogP contribution >= 0.6 is 0 Å². The summed E-state index contributed by atoms with van der Waals surface area (Å²) in [4.78, 5) is 0. The van der Waals surface area contributed by atoms with Crippen molar-refractivity contribution in [1.82, 2.24) is 0 Å². The summed E-state index contributed by atoms with van der Waals surface area (Å²) in [5.41, 5.74) is -2.70. The van der Waals surface area contributed by atoms with Crippen LogP contribution in [0.4, 0.5) is 0 Å². The first-order valence-electron chi connectivity index (χ1n) is 3.37. The summed E-state index contributed by atoms with van der Waals surface area (Å²) in [5.74, 6) is 0. The van der Waals surface area contributed by atoms with Gasteiger partial charge in [0, 0.05) is 13.5 Å². The van der Waals surface area contributed by atoms with Gasteiger partial charge in [-0.2, -0.15) is 0 Å². The zero-order valence-electron chi connectivity index (χ0n) is 8.27. The number of hydrogen-bond acceptors (Lipinski definition) is 5. The molecule has 0 amide bonds. The molecule has 0 radical (unpaired) electrons. The fourth-order valence-corrected chi connectivity index (χ4v) is 1.21. The van der Waals surface area contributed by atoms with Crippen LogP contribution in [-0.4, -0.2) is 36.2 Å². The standard InChI is InChI=1S/C6H14O5S.Na/c1-6(2,11-3)4-5(7)12(8,9)10;/h5,7H,4H2,1-3H3,(H,8,9,10);/q;+1/p-1. The number of hydrogen-bond donors (Lipinski definition) is 1. The molecule has 0 aliphatic carbocycles. The van der Waals surface area contributed by atoms with Crippen molar-refractivity contribution < 1.29 is 52.4 Å². The van der Waals surface area contributed by atoms with E-state index in [2.05, 4.69) is 0 Å². The minimum atomic E-state index is -4.62. The van der Waals surface area contributed by atoms with Gasteiger partial charge in [0.25, 0.3) is 0 Å². The quantitative estimate of drug-likeness (QED) is 0.395. The molecule has 0 spiro atoms. The Bertz CT molecular complexity index is 235. The molecule has 0 bridgehead atoms. The van der Waals surface area contributed by atoms with E-state index < -0.39 is 21.2 Å². The maximum Gasteiger partial charge on any atom is 1.00 e. The van der Waals surface area contributed by atoms with Crippen molar-refractivity contribution in [1.29, 1.82) is 0 Å². The van der Waals surface area contributed by atoms with Crippen molar-refractivity contribution in [2.24, 2.45) is 0 Å². The van der Waals surface area contributed by atoms with Gasteiger partial charge in [0.05, 0.1) is 5.60 Å². The number of rotatable bonds is 4. The van der Waals surface area contributed by atoms with Crippen LogP contribution in [0.15, 0.2) is 0 Å². The molecule has 74 valence electrons. The van der Waals surface area contributed by atoms with Gasteiger partial charge in [0.15, 0.2) is 0 Å². The molecule has 0 rings (SSSR count). The van der Waals surface area contributed by atoms with Gasteiger partial charge in [0.2, 0.25) is 0 Å². The van der Waals surface area contributed by atoms with Gasteiger partial charge < -0.3 is 14.4 Å². The Balaban J connectivity index is 0. The summed E-state index contributed by atoms with van der Waals surface area (Å²) >= 11 is 0. The van der Waals surface area contributed by atoms with Gasteiger partial charge in [-0.1, -0.05) is 0 Å². The van der Waals surface area contributed by atoms with Crippen molar-refractivity contribution in [3.63, 3.8) is 0 Å². The third-order valence-corrected chi connectivity index (χ3v) is 2.39. The van der Waals surface area contributed by atoms with Gasteiger partial charge in [0.1, 0.15) is 15.6 Å². The summed E-state index contributed by atoms with van der Waals surface area (Å²) in [6.07, 6.45) is -0.227. The minimum Gasteiger partial charge on any atom is -0.746 e. The van der Waals surface area contributed by atoms with Gasteiger partial charge in [-0.05, 0) is 13.8 Å². The average molecular weight is 220 g/mol. The monoisotopic (exact) mass is 220 g/mol. The van der Waals surface area contributed by atoms with E-state index in [0.717, 1.165) is 0 Å². The Morgan fingerprint density at radius 3 is 2.15 bits per heavy atom. The van der Waals surface area contributed by atoms with Gasteiger partial charge in [-0.25, -0.2) is 8.42 Å². The summed E-state index contributed by atoms with van der Waals surface area (Å²) in [6.45, 7) is 3.17. The van der Waals surface area contributed by atoms with Gasteiger partial charge in [-0.15, -0.1) is 0 Å². The van der Waals surface area contributed by atoms with E-state index in [0.29, 0.717) is 0 Å². The van der Waals surface area contributed by atoms with Crippen LogP contribution in [0.25, 0.3) is 0 Å². The molecule has 1 N–H and O–H groups in total. The summed E-state index contributed by atoms with van der Waals surface area (Å²) in [5, 5.41) is 8.87. The molecular weight excluding hydrogens is 207 g/mol. The van der Waals surface area contributed by atoms with Crippen LogP contribution in [-0.2, 0) is 14.9 Å². The first-order valence-corrected chi connectivity index (χ1v) is 4.84. The smallest absolute Gasteiger partial charge is 0.746 e. The van der Waals surface area contributed by atoms with E-state index in [-0.39, 0.29) is 36.0 Å². The predicted molar refractivity (Wildman–Crippen MR) is 41.4 cm³/mol. The molecule has 0 aliphatic rings. The zero-order valence-corrected chi connectivity index (χ0v) is 11.1. The van der Waals surface area contributed by atoms with Crippen LogP contribution in [0.2, 0.25) is 0 Å². The Morgan fingerprint density at radius 2 is 1.92 bits per heavy atom. The molecule has 0 aromatic rings. The molecule has 0 fully saturated rings. The Hall–Kier alpha value is 0.830. The second kappa shape index (κ2) is 5.65. The molecular formula is C6H13NaO5S. The largest absolute Gasteiger partial charge is 1.00 e. The zero-order chi connectivity index (χ0) is 9.99. The second-order valence-electron chi connectivity index (χ2n) is 3.12. The van der Waals surface area contributed by atoms with Crippen molar-refractivity contribution in [2.75, 3.05) is 7.11 Å². The number of ether oxygens (including phenoxy) is 1. The summed E-state index contributed by atoms with van der Waals surface area (Å²) in [7, 11) is -3.24. The molecule has 0 saturated carbocycles. The van der Waals surface area contributed by atoms with Crippen LogP contribution in [0.5, 0.6) is 0 Å². The van der Waals surface area contributed by atoms with Crippen LogP contribution in [0.1, 0.15) is 20.3 Å². The molecule has 7 heteroatoms. The Morgan fingerprint density at radius 1 is 1.54 bits per heavy atom. The summed E-state index contributed by atoms with van der Waals surface area (Å²) in [6, 6.07) is 0. The van der Waals surface area contributed by atoms with Crippen molar-refractivity contribution in [3.8, 4) is 0 Å². The fraction of sp³-hybridized carbons (Fsp3) is 1.00. The molecule has 0 heterocycles. The van der Waals surface area contributed by atoms with E-state index in [9.17, 15) is 13.0 Å². The van der Waals surface area contributed by atoms with E-state index in [4.69, 9.17) is 9.84 Å². The van der Waals surface area contributed by atoms with E-state index in [1.54, 1.807) is 13.8 Å². The van der Waals surface area contributed by atoms with E-state index >= 15 is 0 Å². The maximum atomic E-state index is 10.3. The van der Waals surface area contributed by atoms with Crippen molar-refractivity contribution in [2.45, 2.75) is 31.3 Å². The topological polar surface area (TPSA) is 86.7 Å². The number of aliphatic hydroxyl groups excluding tert-OH is 1. The van der Waals surface area contributed by atoms with Crippen molar-refractivity contribution in [3.05, 3.63) is 0 Å². The van der Waals surface area contributed by atoms with E-state index in [1.807, 2.05) is 0 Å². The number of methoxy groups -OCH3 is 1. The number of aliphatic hydroxyl groups is 1. The fourth-order valence-electron chi connectivity index (χ4n) is 0.606. The molecule has 1 atom stereocenters. The van der Waals surface area contributed by atoms with E-state index in [1.165, 1.54) is 7.11 Å². The molecule has 5 nitrogen and oxygen atoms in total. The first-order chi connectivity index (χ1) is 5.19. The normalized spacial score (nSPS) is 14.8. The van der Waals surface area contributed by atoms with Crippen molar-refractivity contribution >= 4 is 10.1 Å². The Labute approximate surface area is 101 Å². The first kappa shape index (κ1) is 16.3. The van der Waals surface area contributed by atoms with Crippen LogP contribution < -0.4 is 29.6 Å². The predicted octanol–water partition coefficient (Wildman–Crippen LogP) is -3.33. The molecule has 13 heavy (non-hydrogen) atoms. The maximum absolute atomic E-state index is 10.3. The van der Waals surface area contributed by atoms with Gasteiger partial charge in [-0.3, -0.25) is 0 Å². The third kappa shape index (κ3) is 6.84. The summed E-state index contributed by atoms with van der Waals surface area (Å²) < 4.78 is 35.6. The molecule has 0 aromatic carbocycles. The average Bonchev–Trinajstić information content (AvgIpc) is 1.85. The van der Waals surface area contributed by atoms with Crippen LogP contribution in [0.3, 0.4) is 0 Å². The Kier molecular flexibility index (Phi) is 7.07. The second-order valence-corrected chi connectivity index (χ2v) is 4.65. The third-order valence-electron chi connectivity index (χ3n) is 1.55.